The number of halogens is 1. The van der Waals surface area contributed by atoms with Gasteiger partial charge in [0.25, 0.3) is 0 Å². The van der Waals surface area contributed by atoms with E-state index >= 15 is 0 Å². The van der Waals surface area contributed by atoms with Gasteiger partial charge in [-0.15, -0.1) is 0 Å². The van der Waals surface area contributed by atoms with Gasteiger partial charge in [-0.05, 0) is 43.3 Å². The lowest BCUT2D eigenvalue weighted by molar-refractivity contribution is 0.121. The van der Waals surface area contributed by atoms with Gasteiger partial charge in [0.2, 0.25) is 0 Å². The molecule has 27 heavy (non-hydrogen) atoms. The summed E-state index contributed by atoms with van der Waals surface area (Å²) in [4.78, 5) is 16.3. The summed E-state index contributed by atoms with van der Waals surface area (Å²) >= 11 is 0. The maximum absolute atomic E-state index is 13.2. The number of rotatable bonds is 5. The Balaban J connectivity index is 1.81. The summed E-state index contributed by atoms with van der Waals surface area (Å²) in [6.45, 7) is 5.74. The van der Waals surface area contributed by atoms with E-state index < -0.39 is 0 Å². The van der Waals surface area contributed by atoms with Gasteiger partial charge >= 0.3 is 0 Å². The van der Waals surface area contributed by atoms with E-state index in [1.807, 2.05) is 19.1 Å². The lowest BCUT2D eigenvalue weighted by Gasteiger charge is -2.28. The second kappa shape index (κ2) is 7.94. The topological polar surface area (TPSA) is 60.4 Å². The molecule has 4 rings (SSSR count). The number of fused-ring (bicyclic) bond motifs is 1. The number of anilines is 1. The van der Waals surface area contributed by atoms with Gasteiger partial charge in [0, 0.05) is 25.3 Å². The van der Waals surface area contributed by atoms with Crippen molar-refractivity contribution in [1.29, 1.82) is 0 Å². The van der Waals surface area contributed by atoms with Crippen molar-refractivity contribution in [3.63, 3.8) is 0 Å². The van der Waals surface area contributed by atoms with Crippen LogP contribution in [0, 0.1) is 5.82 Å². The number of pyridine rings is 1. The Morgan fingerprint density at radius 3 is 2.56 bits per heavy atom. The molecule has 1 fully saturated rings. The lowest BCUT2D eigenvalue weighted by atomic mass is 10.1. The maximum Gasteiger partial charge on any atom is 0.159 e. The highest BCUT2D eigenvalue weighted by Gasteiger charge is 2.19. The largest absolute Gasteiger partial charge is 0.378 e. The average Bonchev–Trinajstić information content (AvgIpc) is 2.72. The van der Waals surface area contributed by atoms with Gasteiger partial charge < -0.3 is 14.4 Å². The second-order valence-corrected chi connectivity index (χ2v) is 6.27. The Labute approximate surface area is 157 Å². The van der Waals surface area contributed by atoms with Crippen LogP contribution in [0.15, 0.2) is 36.4 Å². The molecule has 0 N–H and O–H groups in total. The minimum absolute atomic E-state index is 0.266. The van der Waals surface area contributed by atoms with Crippen LogP contribution in [-0.4, -0.2) is 47.9 Å². The zero-order chi connectivity index (χ0) is 18.6. The third-order valence-corrected chi connectivity index (χ3v) is 4.46. The van der Waals surface area contributed by atoms with E-state index in [0.717, 1.165) is 41.2 Å². The molecule has 0 aliphatic carbocycles. The normalized spacial score (nSPS) is 14.7. The van der Waals surface area contributed by atoms with Crippen LogP contribution in [-0.2, 0) is 16.1 Å². The quantitative estimate of drug-likeness (QED) is 0.689. The second-order valence-electron chi connectivity index (χ2n) is 6.27. The zero-order valence-electron chi connectivity index (χ0n) is 15.2. The van der Waals surface area contributed by atoms with E-state index in [-0.39, 0.29) is 5.82 Å². The molecular formula is C20H21FN4O2. The van der Waals surface area contributed by atoms with E-state index in [1.54, 1.807) is 12.1 Å². The van der Waals surface area contributed by atoms with E-state index in [1.165, 1.54) is 12.1 Å². The Bertz CT molecular complexity index is 927. The number of hydrogen-bond donors (Lipinski definition) is 0. The van der Waals surface area contributed by atoms with E-state index in [0.29, 0.717) is 32.3 Å². The van der Waals surface area contributed by atoms with Gasteiger partial charge in [-0.25, -0.2) is 19.3 Å². The fourth-order valence-corrected chi connectivity index (χ4v) is 3.08. The maximum atomic E-state index is 13.2. The fourth-order valence-electron chi connectivity index (χ4n) is 3.08. The van der Waals surface area contributed by atoms with E-state index in [2.05, 4.69) is 9.88 Å². The number of hydrogen-bond acceptors (Lipinski definition) is 6. The predicted octanol–water partition coefficient (Wildman–Crippen LogP) is 3.20. The first-order valence-corrected chi connectivity index (χ1v) is 9.08. The van der Waals surface area contributed by atoms with Crippen molar-refractivity contribution in [2.24, 2.45) is 0 Å². The number of morpholine rings is 1. The molecule has 1 saturated heterocycles. The van der Waals surface area contributed by atoms with Crippen molar-refractivity contribution in [3.05, 3.63) is 48.0 Å². The van der Waals surface area contributed by atoms with Crippen LogP contribution in [0.25, 0.3) is 22.3 Å². The summed E-state index contributed by atoms with van der Waals surface area (Å²) < 4.78 is 24.2. The van der Waals surface area contributed by atoms with Crippen molar-refractivity contribution in [3.8, 4) is 11.3 Å². The molecule has 6 nitrogen and oxygen atoms in total. The third-order valence-electron chi connectivity index (χ3n) is 4.46. The summed E-state index contributed by atoms with van der Waals surface area (Å²) in [5.41, 5.74) is 3.12. The highest BCUT2D eigenvalue weighted by atomic mass is 19.1. The van der Waals surface area contributed by atoms with E-state index in [9.17, 15) is 4.39 Å². The molecule has 2 aromatic heterocycles. The fraction of sp³-hybridized carbons (Fsp3) is 0.350. The van der Waals surface area contributed by atoms with Crippen LogP contribution < -0.4 is 4.90 Å². The summed E-state index contributed by atoms with van der Waals surface area (Å²) in [5, 5.41) is 0. The first-order chi connectivity index (χ1) is 13.2. The van der Waals surface area contributed by atoms with Crippen molar-refractivity contribution < 1.29 is 13.9 Å². The van der Waals surface area contributed by atoms with Crippen LogP contribution in [0.2, 0.25) is 0 Å². The molecular weight excluding hydrogens is 347 g/mol. The first kappa shape index (κ1) is 17.8. The standard InChI is InChI=1S/C20H21FN4O2/c1-2-26-13-18-22-17-8-7-16(14-3-5-15(21)6-4-14)23-19(17)20(24-18)25-9-11-27-12-10-25/h3-8H,2,9-13H2,1H3. The molecule has 1 aromatic carbocycles. The zero-order valence-corrected chi connectivity index (χ0v) is 15.2. The van der Waals surface area contributed by atoms with Crippen LogP contribution >= 0.6 is 0 Å². The highest BCUT2D eigenvalue weighted by molar-refractivity contribution is 5.87. The molecule has 7 heteroatoms. The van der Waals surface area contributed by atoms with Gasteiger partial charge in [-0.3, -0.25) is 0 Å². The Morgan fingerprint density at radius 1 is 1.04 bits per heavy atom. The number of ether oxygens (including phenoxy) is 2. The molecule has 3 aromatic rings. The van der Waals surface area contributed by atoms with Gasteiger partial charge in [0.15, 0.2) is 11.6 Å². The summed E-state index contributed by atoms with van der Waals surface area (Å²) in [6, 6.07) is 10.2. The molecule has 3 heterocycles. The Kier molecular flexibility index (Phi) is 5.22. The number of nitrogens with zero attached hydrogens (tertiary/aromatic N) is 4. The summed E-state index contributed by atoms with van der Waals surface area (Å²) in [7, 11) is 0. The molecule has 1 aliphatic rings. The smallest absolute Gasteiger partial charge is 0.159 e. The van der Waals surface area contributed by atoms with Crippen LogP contribution in [0.1, 0.15) is 12.7 Å². The molecule has 0 bridgehead atoms. The minimum Gasteiger partial charge on any atom is -0.378 e. The SMILES string of the molecule is CCOCc1nc(N2CCOCC2)c2nc(-c3ccc(F)cc3)ccc2n1. The average molecular weight is 368 g/mol. The molecule has 140 valence electrons. The lowest BCUT2D eigenvalue weighted by Crippen LogP contribution is -2.37. The molecule has 0 radical (unpaired) electrons. The highest BCUT2D eigenvalue weighted by Crippen LogP contribution is 2.27. The minimum atomic E-state index is -0.266. The molecule has 0 unspecified atom stereocenters. The third kappa shape index (κ3) is 3.89. The molecule has 0 spiro atoms. The van der Waals surface area contributed by atoms with E-state index in [4.69, 9.17) is 19.4 Å². The van der Waals surface area contributed by atoms with Crippen molar-refractivity contribution in [1.82, 2.24) is 15.0 Å². The molecule has 0 atom stereocenters. The van der Waals surface area contributed by atoms with Gasteiger partial charge in [-0.2, -0.15) is 0 Å². The monoisotopic (exact) mass is 368 g/mol. The van der Waals surface area contributed by atoms with Gasteiger partial charge in [-0.1, -0.05) is 0 Å². The van der Waals surface area contributed by atoms with Crippen LogP contribution in [0.4, 0.5) is 10.2 Å². The van der Waals surface area contributed by atoms with Gasteiger partial charge in [0.1, 0.15) is 17.9 Å². The molecule has 1 aliphatic heterocycles. The number of aromatic nitrogens is 3. The van der Waals surface area contributed by atoms with Crippen molar-refractivity contribution >= 4 is 16.9 Å². The van der Waals surface area contributed by atoms with Crippen molar-refractivity contribution in [2.75, 3.05) is 37.8 Å². The number of benzene rings is 1. The van der Waals surface area contributed by atoms with Gasteiger partial charge in [0.05, 0.1) is 24.4 Å². The van der Waals surface area contributed by atoms with Crippen molar-refractivity contribution in [2.45, 2.75) is 13.5 Å². The molecule has 0 amide bonds. The Morgan fingerprint density at radius 2 is 1.81 bits per heavy atom. The first-order valence-electron chi connectivity index (χ1n) is 9.08. The summed E-state index contributed by atoms with van der Waals surface area (Å²) in [5.74, 6) is 1.17. The summed E-state index contributed by atoms with van der Waals surface area (Å²) in [6.07, 6.45) is 0. The van der Waals surface area contributed by atoms with Crippen LogP contribution in [0.5, 0.6) is 0 Å². The predicted molar refractivity (Wildman–Crippen MR) is 101 cm³/mol. The Hall–Kier alpha value is -2.64. The van der Waals surface area contributed by atoms with Crippen LogP contribution in [0.3, 0.4) is 0 Å². The molecule has 0 saturated carbocycles.